The summed E-state index contributed by atoms with van der Waals surface area (Å²) in [6.45, 7) is 13.2. The Morgan fingerprint density at radius 1 is 0.608 bits per heavy atom. The maximum atomic E-state index is 13.4. The number of nitrogen functional groups attached to an aromatic ring is 1. The van der Waals surface area contributed by atoms with Gasteiger partial charge in [-0.05, 0) is 162 Å². The quantitative estimate of drug-likeness (QED) is 0.0867. The lowest BCUT2D eigenvalue weighted by Gasteiger charge is -2.26. The molecule has 74 heavy (non-hydrogen) atoms. The van der Waals surface area contributed by atoms with E-state index in [1.807, 2.05) is 39.3 Å². The van der Waals surface area contributed by atoms with E-state index in [2.05, 4.69) is 44.2 Å². The van der Waals surface area contributed by atoms with Gasteiger partial charge in [0, 0.05) is 72.7 Å². The van der Waals surface area contributed by atoms with Gasteiger partial charge >= 0.3 is 0 Å². The molecular formula is C56H61N7O7P2S2. The molecule has 4 N–H and O–H groups in total. The fourth-order valence-electron chi connectivity index (χ4n) is 7.84. The molecule has 384 valence electrons. The molecule has 4 heterocycles. The van der Waals surface area contributed by atoms with Crippen molar-refractivity contribution in [2.24, 2.45) is 0 Å². The normalized spacial score (nSPS) is 14.7. The van der Waals surface area contributed by atoms with Gasteiger partial charge in [0.15, 0.2) is 11.6 Å². The molecule has 18 heteroatoms. The van der Waals surface area contributed by atoms with Crippen molar-refractivity contribution >= 4 is 96.6 Å². The van der Waals surface area contributed by atoms with E-state index in [0.717, 1.165) is 42.5 Å². The standard InChI is InChI=1S/C28H27N3O4.C25H24N4O3.2CH3PS.CH4/c1-17-4-11-26(29-15-17)30-27(34)22-8-5-20(6-9-22)16-31-19(3)25(33)14-23-13-21(12-18(2)32)7-10-24(23)28(31)35;1-15-3-10-23(27-13-15)28-24(31)18-6-4-17(5-7-18)14-29-16(2)22(30)12-19-11-20(26)8-9-21(19)25(29)32;2*1-2-3;/h4-11,13,15,19H,12,14,16H2,1-3H3,(H,29,30,34);3-11,13,16H,12,14,26H2,1-2H3,(H,27,28,31);2*1H3;1H4/t19-;16-;;;/m11.../s1. The number of rotatable bonds is 10. The monoisotopic (exact) mass is 1070 g/mol. The van der Waals surface area contributed by atoms with Gasteiger partial charge in [-0.1, -0.05) is 79.6 Å². The molecule has 4 aromatic carbocycles. The molecule has 0 saturated heterocycles. The van der Waals surface area contributed by atoms with E-state index < -0.39 is 12.1 Å². The molecular weight excluding hydrogens is 1010 g/mol. The second-order valence-corrected chi connectivity index (χ2v) is 20.3. The first-order valence-corrected chi connectivity index (χ1v) is 27.8. The molecule has 0 fully saturated rings. The molecule has 2 aliphatic rings. The highest BCUT2D eigenvalue weighted by atomic mass is 32.4. The summed E-state index contributed by atoms with van der Waals surface area (Å²) in [5.41, 5.74) is 14.0. The first kappa shape index (κ1) is 59.5. The smallest absolute Gasteiger partial charge is 0.256 e. The number of amides is 4. The third-order valence-corrected chi connectivity index (χ3v) is 11.8. The Bertz CT molecular complexity index is 3000. The summed E-state index contributed by atoms with van der Waals surface area (Å²) in [7, 11) is 2.00. The Morgan fingerprint density at radius 3 is 1.36 bits per heavy atom. The van der Waals surface area contributed by atoms with Crippen molar-refractivity contribution in [3.63, 3.8) is 0 Å². The van der Waals surface area contributed by atoms with Crippen molar-refractivity contribution in [3.05, 3.63) is 183 Å². The molecule has 14 nitrogen and oxygen atoms in total. The van der Waals surface area contributed by atoms with Crippen LogP contribution in [0, 0.1) is 13.8 Å². The zero-order valence-electron chi connectivity index (χ0n) is 41.7. The maximum Gasteiger partial charge on any atom is 0.256 e. The molecule has 4 amide bonds. The fraction of sp³-hybridized carbons (Fsp3) is 0.268. The average molecular weight is 1070 g/mol. The Kier molecular flexibility index (Phi) is 22.8. The molecule has 0 unspecified atom stereocenters. The zero-order valence-corrected chi connectivity index (χ0v) is 45.1. The molecule has 2 atom stereocenters. The van der Waals surface area contributed by atoms with Crippen molar-refractivity contribution in [2.45, 2.75) is 86.5 Å². The van der Waals surface area contributed by atoms with Crippen LogP contribution in [0.5, 0.6) is 0 Å². The van der Waals surface area contributed by atoms with Crippen LogP contribution in [-0.4, -0.2) is 86.2 Å². The van der Waals surface area contributed by atoms with E-state index in [-0.39, 0.29) is 80.8 Å². The number of fused-ring (bicyclic) bond motifs is 2. The van der Waals surface area contributed by atoms with Crippen LogP contribution >= 0.6 is 14.7 Å². The van der Waals surface area contributed by atoms with Gasteiger partial charge in [0.05, 0.1) is 12.1 Å². The molecule has 0 spiro atoms. The number of hydrogen-bond donors (Lipinski definition) is 3. The fourth-order valence-corrected chi connectivity index (χ4v) is 7.84. The summed E-state index contributed by atoms with van der Waals surface area (Å²) in [5, 5.41) is 5.52. The van der Waals surface area contributed by atoms with Gasteiger partial charge in [0.25, 0.3) is 23.6 Å². The zero-order chi connectivity index (χ0) is 53.4. The molecule has 2 aromatic heterocycles. The topological polar surface area (TPSA) is 202 Å². The van der Waals surface area contributed by atoms with Gasteiger partial charge in [-0.25, -0.2) is 9.97 Å². The number of aromatic nitrogens is 2. The Morgan fingerprint density at radius 2 is 0.986 bits per heavy atom. The highest BCUT2D eigenvalue weighted by molar-refractivity contribution is 7.96. The van der Waals surface area contributed by atoms with Gasteiger partial charge in [-0.15, -0.1) is 0 Å². The van der Waals surface area contributed by atoms with Crippen molar-refractivity contribution in [3.8, 4) is 0 Å². The van der Waals surface area contributed by atoms with Crippen LogP contribution in [0.2, 0.25) is 0 Å². The number of ketones is 3. The largest absolute Gasteiger partial charge is 0.399 e. The van der Waals surface area contributed by atoms with Crippen LogP contribution in [0.1, 0.15) is 109 Å². The molecule has 6 aromatic rings. The summed E-state index contributed by atoms with van der Waals surface area (Å²) in [4.78, 5) is 100. The van der Waals surface area contributed by atoms with Crippen molar-refractivity contribution in [1.82, 2.24) is 19.8 Å². The lowest BCUT2D eigenvalue weighted by molar-refractivity contribution is -0.123. The summed E-state index contributed by atoms with van der Waals surface area (Å²) in [6, 6.07) is 30.3. The molecule has 2 aliphatic heterocycles. The van der Waals surface area contributed by atoms with Gasteiger partial charge in [-0.2, -0.15) is 0 Å². The minimum absolute atomic E-state index is 0. The van der Waals surface area contributed by atoms with E-state index in [1.54, 1.807) is 133 Å². The van der Waals surface area contributed by atoms with E-state index in [4.69, 9.17) is 5.73 Å². The number of benzene rings is 4. The highest BCUT2D eigenvalue weighted by Gasteiger charge is 2.34. The van der Waals surface area contributed by atoms with E-state index in [0.29, 0.717) is 50.7 Å². The summed E-state index contributed by atoms with van der Waals surface area (Å²) in [5.74, 6) is -0.0952. The number of pyridine rings is 2. The summed E-state index contributed by atoms with van der Waals surface area (Å²) >= 11 is 8.73. The number of Topliss-reactive ketones (excluding diaryl/α,β-unsaturated/α-hetero) is 3. The SMILES string of the molecule is C.CC(=O)Cc1ccc2c(c1)CC(=O)[C@@H](C)N(Cc1ccc(C(=O)Nc3ccc(C)cn3)cc1)C2=O.CP=S.CP=S.Cc1ccc(NC(=O)c2ccc(CN3C(=O)c4ccc(N)cc4CC(=O)[C@H]3C)cc2)nc1. The Balaban J connectivity index is 0.000000287. The number of hydrogen-bond acceptors (Lipinski definition) is 12. The van der Waals surface area contributed by atoms with E-state index >= 15 is 0 Å². The van der Waals surface area contributed by atoms with E-state index in [9.17, 15) is 33.6 Å². The van der Waals surface area contributed by atoms with Gasteiger partial charge < -0.3 is 26.2 Å². The minimum atomic E-state index is -0.596. The number of carbonyl (C=O) groups excluding carboxylic acids is 7. The first-order chi connectivity index (χ1) is 34.8. The van der Waals surface area contributed by atoms with Gasteiger partial charge in [-0.3, -0.25) is 33.6 Å². The lowest BCUT2D eigenvalue weighted by Crippen LogP contribution is -2.41. The van der Waals surface area contributed by atoms with Gasteiger partial charge in [0.1, 0.15) is 17.4 Å². The van der Waals surface area contributed by atoms with Crippen molar-refractivity contribution in [2.75, 3.05) is 29.7 Å². The summed E-state index contributed by atoms with van der Waals surface area (Å²) < 4.78 is 0. The number of aryl methyl sites for hydroxylation is 2. The number of anilines is 3. The van der Waals surface area contributed by atoms with Crippen LogP contribution < -0.4 is 16.4 Å². The molecule has 0 bridgehead atoms. The third kappa shape index (κ3) is 16.5. The highest BCUT2D eigenvalue weighted by Crippen LogP contribution is 2.27. The molecule has 0 saturated carbocycles. The van der Waals surface area contributed by atoms with Crippen LogP contribution in [0.3, 0.4) is 0 Å². The Labute approximate surface area is 446 Å². The predicted molar refractivity (Wildman–Crippen MR) is 302 cm³/mol. The first-order valence-electron chi connectivity index (χ1n) is 23.1. The summed E-state index contributed by atoms with van der Waals surface area (Å²) in [6.07, 6.45) is 3.97. The second kappa shape index (κ2) is 28.4. The van der Waals surface area contributed by atoms with Crippen LogP contribution in [-0.2, 0) is 70.3 Å². The van der Waals surface area contributed by atoms with Gasteiger partial charge in [0.2, 0.25) is 0 Å². The predicted octanol–water partition coefficient (Wildman–Crippen LogP) is 10.00. The van der Waals surface area contributed by atoms with Crippen molar-refractivity contribution in [1.29, 1.82) is 0 Å². The van der Waals surface area contributed by atoms with Crippen LogP contribution in [0.15, 0.2) is 122 Å². The third-order valence-electron chi connectivity index (χ3n) is 11.8. The Hall–Kier alpha value is -7.09. The number of nitrogens with zero attached hydrogens (tertiary/aromatic N) is 4. The lowest BCUT2D eigenvalue weighted by atomic mass is 9.97. The number of nitrogens with one attached hydrogen (secondary N) is 2. The minimum Gasteiger partial charge on any atom is -0.399 e. The van der Waals surface area contributed by atoms with E-state index in [1.165, 1.54) is 6.92 Å². The molecule has 0 radical (unpaired) electrons. The number of nitrogens with two attached hydrogens (primary N) is 1. The van der Waals surface area contributed by atoms with Crippen LogP contribution in [0.25, 0.3) is 0 Å². The number of carbonyl (C=O) groups is 7. The second-order valence-electron chi connectivity index (χ2n) is 17.4. The maximum absolute atomic E-state index is 13.4. The molecule has 0 aliphatic carbocycles. The molecule has 8 rings (SSSR count). The average Bonchev–Trinajstić information content (AvgIpc) is 3.50. The van der Waals surface area contributed by atoms with Crippen LogP contribution in [0.4, 0.5) is 17.3 Å². The van der Waals surface area contributed by atoms with Crippen molar-refractivity contribution < 1.29 is 33.6 Å².